The highest BCUT2D eigenvalue weighted by Gasteiger charge is 2.08. The predicted octanol–water partition coefficient (Wildman–Crippen LogP) is 2.23. The summed E-state index contributed by atoms with van der Waals surface area (Å²) in [6.07, 6.45) is 0. The average Bonchev–Trinajstić information content (AvgIpc) is 2.49. The molecule has 0 unspecified atom stereocenters. The lowest BCUT2D eigenvalue weighted by molar-refractivity contribution is 0.780. The molecule has 1 aromatic carbocycles. The van der Waals surface area contributed by atoms with Gasteiger partial charge in [-0.1, -0.05) is 21.1 Å². The minimum Gasteiger partial charge on any atom is -0.381 e. The van der Waals surface area contributed by atoms with Gasteiger partial charge in [0, 0.05) is 4.47 Å². The van der Waals surface area contributed by atoms with Crippen LogP contribution >= 0.6 is 15.9 Å². The van der Waals surface area contributed by atoms with E-state index in [4.69, 9.17) is 5.73 Å². The number of halogens is 1. The van der Waals surface area contributed by atoms with Crippen LogP contribution in [0.5, 0.6) is 0 Å². The Labute approximate surface area is 96.2 Å². The van der Waals surface area contributed by atoms with E-state index in [0.29, 0.717) is 5.82 Å². The summed E-state index contributed by atoms with van der Waals surface area (Å²) < 4.78 is 2.80. The predicted molar refractivity (Wildman–Crippen MR) is 62.9 cm³/mol. The van der Waals surface area contributed by atoms with Crippen LogP contribution in [0.4, 0.5) is 5.82 Å². The van der Waals surface area contributed by atoms with Crippen molar-refractivity contribution in [3.8, 4) is 5.69 Å². The Balaban J connectivity index is 2.59. The molecule has 0 aliphatic rings. The van der Waals surface area contributed by atoms with Gasteiger partial charge in [-0.15, -0.1) is 5.10 Å². The molecule has 0 radical (unpaired) electrons. The second kappa shape index (κ2) is 3.66. The number of hydrogen-bond acceptors (Lipinski definition) is 3. The van der Waals surface area contributed by atoms with Crippen LogP contribution in [-0.2, 0) is 0 Å². The third-order valence-electron chi connectivity index (χ3n) is 2.32. The summed E-state index contributed by atoms with van der Waals surface area (Å²) in [5, 5.41) is 7.84. The monoisotopic (exact) mass is 266 g/mol. The molecule has 0 saturated heterocycles. The van der Waals surface area contributed by atoms with Crippen molar-refractivity contribution >= 4 is 21.7 Å². The molecular formula is C10H11BrN4. The van der Waals surface area contributed by atoms with Gasteiger partial charge in [-0.2, -0.15) is 0 Å². The Morgan fingerprint density at radius 3 is 2.60 bits per heavy atom. The van der Waals surface area contributed by atoms with Gasteiger partial charge in [0.15, 0.2) is 5.82 Å². The van der Waals surface area contributed by atoms with E-state index >= 15 is 0 Å². The van der Waals surface area contributed by atoms with Crippen molar-refractivity contribution in [3.05, 3.63) is 33.9 Å². The number of benzene rings is 1. The topological polar surface area (TPSA) is 56.7 Å². The Morgan fingerprint density at radius 2 is 2.07 bits per heavy atom. The van der Waals surface area contributed by atoms with Gasteiger partial charge in [0.2, 0.25) is 0 Å². The highest BCUT2D eigenvalue weighted by molar-refractivity contribution is 9.10. The van der Waals surface area contributed by atoms with E-state index in [-0.39, 0.29) is 0 Å². The summed E-state index contributed by atoms with van der Waals surface area (Å²) >= 11 is 3.42. The van der Waals surface area contributed by atoms with Gasteiger partial charge in [-0.25, -0.2) is 4.68 Å². The van der Waals surface area contributed by atoms with Gasteiger partial charge >= 0.3 is 0 Å². The zero-order valence-corrected chi connectivity index (χ0v) is 10.1. The maximum Gasteiger partial charge on any atom is 0.169 e. The van der Waals surface area contributed by atoms with Crippen molar-refractivity contribution in [2.24, 2.45) is 0 Å². The van der Waals surface area contributed by atoms with Crippen molar-refractivity contribution in [1.29, 1.82) is 0 Å². The average molecular weight is 267 g/mol. The number of aryl methyl sites for hydroxylation is 1. The van der Waals surface area contributed by atoms with Crippen molar-refractivity contribution in [2.75, 3.05) is 5.73 Å². The fourth-order valence-electron chi connectivity index (χ4n) is 1.43. The van der Waals surface area contributed by atoms with E-state index in [1.165, 1.54) is 0 Å². The summed E-state index contributed by atoms with van der Waals surface area (Å²) in [6.45, 7) is 3.92. The Hall–Kier alpha value is -1.36. The molecule has 2 rings (SSSR count). The van der Waals surface area contributed by atoms with Crippen LogP contribution in [0.2, 0.25) is 0 Å². The minimum atomic E-state index is 0.470. The zero-order chi connectivity index (χ0) is 11.0. The number of nitrogens with two attached hydrogens (primary N) is 1. The van der Waals surface area contributed by atoms with E-state index in [2.05, 4.69) is 26.2 Å². The molecule has 2 aromatic rings. The fourth-order valence-corrected chi connectivity index (χ4v) is 1.90. The highest BCUT2D eigenvalue weighted by Crippen LogP contribution is 2.20. The van der Waals surface area contributed by atoms with Crippen LogP contribution in [0, 0.1) is 13.8 Å². The van der Waals surface area contributed by atoms with Crippen molar-refractivity contribution < 1.29 is 0 Å². The minimum absolute atomic E-state index is 0.470. The fraction of sp³-hybridized carbons (Fsp3) is 0.200. The number of hydrogen-bond donors (Lipinski definition) is 1. The van der Waals surface area contributed by atoms with Crippen LogP contribution in [0.3, 0.4) is 0 Å². The van der Waals surface area contributed by atoms with Crippen molar-refractivity contribution in [3.63, 3.8) is 0 Å². The molecule has 78 valence electrons. The molecule has 1 aromatic heterocycles. The molecule has 2 N–H and O–H groups in total. The lowest BCUT2D eigenvalue weighted by Crippen LogP contribution is -2.01. The van der Waals surface area contributed by atoms with Gasteiger partial charge in [0.1, 0.15) is 0 Å². The van der Waals surface area contributed by atoms with E-state index in [0.717, 1.165) is 21.4 Å². The Kier molecular flexibility index (Phi) is 2.48. The SMILES string of the molecule is Cc1cc(Br)ccc1-n1nnc(N)c1C. The first-order valence-corrected chi connectivity index (χ1v) is 5.33. The largest absolute Gasteiger partial charge is 0.381 e. The molecule has 0 fully saturated rings. The first-order chi connectivity index (χ1) is 7.09. The molecule has 0 amide bonds. The van der Waals surface area contributed by atoms with E-state index in [1.54, 1.807) is 4.68 Å². The first kappa shape index (κ1) is 10.2. The lowest BCUT2D eigenvalue weighted by Gasteiger charge is -2.07. The van der Waals surface area contributed by atoms with Crippen LogP contribution < -0.4 is 5.73 Å². The Morgan fingerprint density at radius 1 is 1.33 bits per heavy atom. The maximum absolute atomic E-state index is 5.65. The van der Waals surface area contributed by atoms with Gasteiger partial charge < -0.3 is 5.73 Å². The summed E-state index contributed by atoms with van der Waals surface area (Å²) in [5.74, 6) is 0.470. The summed E-state index contributed by atoms with van der Waals surface area (Å²) in [4.78, 5) is 0. The molecule has 0 atom stereocenters. The molecular weight excluding hydrogens is 256 g/mol. The first-order valence-electron chi connectivity index (χ1n) is 4.54. The number of anilines is 1. The number of nitrogen functional groups attached to an aromatic ring is 1. The normalized spacial score (nSPS) is 10.6. The van der Waals surface area contributed by atoms with Crippen LogP contribution in [0.25, 0.3) is 5.69 Å². The van der Waals surface area contributed by atoms with E-state index < -0.39 is 0 Å². The third-order valence-corrected chi connectivity index (χ3v) is 2.81. The smallest absolute Gasteiger partial charge is 0.169 e. The van der Waals surface area contributed by atoms with Gasteiger partial charge in [0.05, 0.1) is 11.4 Å². The van der Waals surface area contributed by atoms with Crippen LogP contribution in [0.1, 0.15) is 11.3 Å². The maximum atomic E-state index is 5.65. The van der Waals surface area contributed by atoms with Crippen LogP contribution in [0.15, 0.2) is 22.7 Å². The molecule has 0 aliphatic carbocycles. The molecule has 1 heterocycles. The summed E-state index contributed by atoms with van der Waals surface area (Å²) in [6, 6.07) is 5.99. The third kappa shape index (κ3) is 1.74. The van der Waals surface area contributed by atoms with Crippen LogP contribution in [-0.4, -0.2) is 15.0 Å². The van der Waals surface area contributed by atoms with E-state index in [9.17, 15) is 0 Å². The Bertz CT molecular complexity index is 504. The molecule has 0 aliphatic heterocycles. The van der Waals surface area contributed by atoms with Gasteiger partial charge in [0.25, 0.3) is 0 Å². The summed E-state index contributed by atoms with van der Waals surface area (Å²) in [5.41, 5.74) is 8.64. The zero-order valence-electron chi connectivity index (χ0n) is 8.53. The second-order valence-corrected chi connectivity index (χ2v) is 4.32. The lowest BCUT2D eigenvalue weighted by atomic mass is 10.2. The number of aromatic nitrogens is 3. The molecule has 15 heavy (non-hydrogen) atoms. The summed E-state index contributed by atoms with van der Waals surface area (Å²) in [7, 11) is 0. The molecule has 4 nitrogen and oxygen atoms in total. The molecule has 0 saturated carbocycles. The standard InChI is InChI=1S/C10H11BrN4/c1-6-5-8(11)3-4-9(6)15-7(2)10(12)13-14-15/h3-5H,12H2,1-2H3. The second-order valence-electron chi connectivity index (χ2n) is 3.40. The molecule has 5 heteroatoms. The van der Waals surface area contributed by atoms with Crippen molar-refractivity contribution in [2.45, 2.75) is 13.8 Å². The highest BCUT2D eigenvalue weighted by atomic mass is 79.9. The molecule has 0 bridgehead atoms. The van der Waals surface area contributed by atoms with Gasteiger partial charge in [-0.05, 0) is 37.6 Å². The van der Waals surface area contributed by atoms with E-state index in [1.807, 2.05) is 32.0 Å². The van der Waals surface area contributed by atoms with Gasteiger partial charge in [-0.3, -0.25) is 0 Å². The quantitative estimate of drug-likeness (QED) is 0.861. The van der Waals surface area contributed by atoms with Crippen molar-refractivity contribution in [1.82, 2.24) is 15.0 Å². The number of rotatable bonds is 1. The molecule has 0 spiro atoms. The number of nitrogens with zero attached hydrogens (tertiary/aromatic N) is 3.